The highest BCUT2D eigenvalue weighted by molar-refractivity contribution is 7.89. The van der Waals surface area contributed by atoms with Gasteiger partial charge in [-0.05, 0) is 31.0 Å². The monoisotopic (exact) mass is 318 g/mol. The number of hydrogen-bond donors (Lipinski definition) is 1. The van der Waals surface area contributed by atoms with Crippen molar-refractivity contribution in [3.8, 4) is 6.07 Å². The van der Waals surface area contributed by atoms with Crippen LogP contribution in [0.25, 0.3) is 0 Å². The van der Waals surface area contributed by atoms with Crippen molar-refractivity contribution in [2.45, 2.75) is 36.1 Å². The molecule has 0 aromatic heterocycles. The Morgan fingerprint density at radius 2 is 1.89 bits per heavy atom. The average Bonchev–Trinajstić information content (AvgIpc) is 2.80. The molecule has 1 aliphatic carbocycles. The van der Waals surface area contributed by atoms with Gasteiger partial charge in [-0.2, -0.15) is 9.98 Å². The number of nitrogens with one attached hydrogen (secondary N) is 1. The third-order valence-corrected chi connectivity index (χ3v) is 5.44. The summed E-state index contributed by atoms with van der Waals surface area (Å²) in [4.78, 5) is -0.0943. The number of benzene rings is 1. The molecule has 1 N–H and O–H groups in total. The SMILES string of the molecule is N#CC1(NS(=O)(=O)c2cc(Cl)ccc2Cl)CCCC1. The van der Waals surface area contributed by atoms with E-state index in [1.54, 1.807) is 0 Å². The van der Waals surface area contributed by atoms with Gasteiger partial charge >= 0.3 is 0 Å². The van der Waals surface area contributed by atoms with E-state index in [2.05, 4.69) is 10.8 Å². The van der Waals surface area contributed by atoms with Crippen LogP contribution in [0.2, 0.25) is 10.0 Å². The molecular weight excluding hydrogens is 307 g/mol. The third kappa shape index (κ3) is 3.03. The normalized spacial score (nSPS) is 18.2. The molecule has 0 heterocycles. The average molecular weight is 319 g/mol. The summed E-state index contributed by atoms with van der Waals surface area (Å²) < 4.78 is 27.1. The molecule has 0 bridgehead atoms. The number of sulfonamides is 1. The second-order valence-corrected chi connectivity index (χ2v) is 7.08. The molecule has 0 spiro atoms. The van der Waals surface area contributed by atoms with Crippen molar-refractivity contribution in [3.63, 3.8) is 0 Å². The molecule has 1 aromatic rings. The minimum Gasteiger partial charge on any atom is -0.207 e. The van der Waals surface area contributed by atoms with Gasteiger partial charge in [-0.3, -0.25) is 0 Å². The first kappa shape index (κ1) is 14.6. The summed E-state index contributed by atoms with van der Waals surface area (Å²) in [6.07, 6.45) is 2.69. The number of nitrogens with zero attached hydrogens (tertiary/aromatic N) is 1. The van der Waals surface area contributed by atoms with Crippen LogP contribution in [-0.2, 0) is 10.0 Å². The molecular formula is C12H12Cl2N2O2S. The summed E-state index contributed by atoms with van der Waals surface area (Å²) in [7, 11) is -3.86. The third-order valence-electron chi connectivity index (χ3n) is 3.18. The Morgan fingerprint density at radius 1 is 1.26 bits per heavy atom. The predicted molar refractivity (Wildman–Crippen MR) is 73.6 cm³/mol. The van der Waals surface area contributed by atoms with Gasteiger partial charge in [-0.1, -0.05) is 36.0 Å². The Bertz CT molecular complexity index is 632. The lowest BCUT2D eigenvalue weighted by Gasteiger charge is -2.22. The number of halogens is 2. The maximum absolute atomic E-state index is 12.3. The molecule has 0 atom stereocenters. The first-order valence-corrected chi connectivity index (χ1v) is 8.03. The van der Waals surface area contributed by atoms with E-state index in [0.717, 1.165) is 12.8 Å². The molecule has 7 heteroatoms. The van der Waals surface area contributed by atoms with E-state index in [4.69, 9.17) is 23.2 Å². The molecule has 1 fully saturated rings. The lowest BCUT2D eigenvalue weighted by Crippen LogP contribution is -2.45. The van der Waals surface area contributed by atoms with Gasteiger partial charge in [-0.25, -0.2) is 8.42 Å². The van der Waals surface area contributed by atoms with Gasteiger partial charge in [0.2, 0.25) is 10.0 Å². The Balaban J connectivity index is 2.38. The highest BCUT2D eigenvalue weighted by atomic mass is 35.5. The molecule has 0 aliphatic heterocycles. The minimum absolute atomic E-state index is 0.0861. The molecule has 0 radical (unpaired) electrons. The molecule has 19 heavy (non-hydrogen) atoms. The predicted octanol–water partition coefficient (Wildman–Crippen LogP) is 3.11. The largest absolute Gasteiger partial charge is 0.243 e. The number of rotatable bonds is 3. The van der Waals surface area contributed by atoms with Crippen LogP contribution in [0.5, 0.6) is 0 Å². The molecule has 0 unspecified atom stereocenters. The molecule has 1 aliphatic rings. The summed E-state index contributed by atoms with van der Waals surface area (Å²) in [6, 6.07) is 6.29. The van der Waals surface area contributed by atoms with E-state index in [9.17, 15) is 13.7 Å². The quantitative estimate of drug-likeness (QED) is 0.930. The van der Waals surface area contributed by atoms with Crippen LogP contribution in [0.3, 0.4) is 0 Å². The van der Waals surface area contributed by atoms with Crippen LogP contribution in [0.15, 0.2) is 23.1 Å². The van der Waals surface area contributed by atoms with Crippen LogP contribution < -0.4 is 4.72 Å². The van der Waals surface area contributed by atoms with Crippen LogP contribution in [0, 0.1) is 11.3 Å². The summed E-state index contributed by atoms with van der Waals surface area (Å²) in [6.45, 7) is 0. The minimum atomic E-state index is -3.86. The van der Waals surface area contributed by atoms with E-state index in [1.165, 1.54) is 18.2 Å². The second-order valence-electron chi connectivity index (χ2n) is 4.58. The van der Waals surface area contributed by atoms with E-state index >= 15 is 0 Å². The number of nitriles is 1. The van der Waals surface area contributed by atoms with E-state index < -0.39 is 15.6 Å². The van der Waals surface area contributed by atoms with Crippen molar-refractivity contribution in [3.05, 3.63) is 28.2 Å². The smallest absolute Gasteiger partial charge is 0.207 e. The summed E-state index contributed by atoms with van der Waals surface area (Å²) in [5.41, 5.74) is -1.02. The maximum Gasteiger partial charge on any atom is 0.243 e. The van der Waals surface area contributed by atoms with Crippen molar-refractivity contribution in [2.24, 2.45) is 0 Å². The molecule has 0 saturated heterocycles. The number of hydrogen-bond acceptors (Lipinski definition) is 3. The van der Waals surface area contributed by atoms with Crippen LogP contribution >= 0.6 is 23.2 Å². The molecule has 4 nitrogen and oxygen atoms in total. The van der Waals surface area contributed by atoms with Gasteiger partial charge in [0.15, 0.2) is 0 Å². The highest BCUT2D eigenvalue weighted by Gasteiger charge is 2.38. The Labute approximate surface area is 122 Å². The zero-order valence-electron chi connectivity index (χ0n) is 9.99. The van der Waals surface area contributed by atoms with Crippen molar-refractivity contribution in [2.75, 3.05) is 0 Å². The van der Waals surface area contributed by atoms with E-state index in [-0.39, 0.29) is 14.9 Å². The fourth-order valence-electron chi connectivity index (χ4n) is 2.21. The second kappa shape index (κ2) is 5.29. The molecule has 1 aromatic carbocycles. The van der Waals surface area contributed by atoms with Gasteiger partial charge in [0, 0.05) is 5.02 Å². The Morgan fingerprint density at radius 3 is 2.47 bits per heavy atom. The summed E-state index contributed by atoms with van der Waals surface area (Å²) in [5.74, 6) is 0. The fourth-order valence-corrected chi connectivity index (χ4v) is 4.35. The highest BCUT2D eigenvalue weighted by Crippen LogP contribution is 2.32. The summed E-state index contributed by atoms with van der Waals surface area (Å²) >= 11 is 11.7. The van der Waals surface area contributed by atoms with Gasteiger partial charge in [0.25, 0.3) is 0 Å². The molecule has 0 amide bonds. The van der Waals surface area contributed by atoms with Gasteiger partial charge in [0.05, 0.1) is 11.1 Å². The van der Waals surface area contributed by atoms with Crippen molar-refractivity contribution in [1.82, 2.24) is 4.72 Å². The molecule has 2 rings (SSSR count). The summed E-state index contributed by atoms with van der Waals surface area (Å²) in [5, 5.41) is 9.58. The zero-order chi connectivity index (χ0) is 14.1. The Kier molecular flexibility index (Phi) is 4.07. The van der Waals surface area contributed by atoms with Crippen molar-refractivity contribution in [1.29, 1.82) is 5.26 Å². The molecule has 1 saturated carbocycles. The Hall–Kier alpha value is -0.800. The maximum atomic E-state index is 12.3. The zero-order valence-corrected chi connectivity index (χ0v) is 12.3. The van der Waals surface area contributed by atoms with Gasteiger partial charge < -0.3 is 0 Å². The van der Waals surface area contributed by atoms with Crippen LogP contribution in [0.4, 0.5) is 0 Å². The topological polar surface area (TPSA) is 70.0 Å². The first-order chi connectivity index (χ1) is 8.88. The van der Waals surface area contributed by atoms with E-state index in [1.807, 2.05) is 0 Å². The molecule has 102 valence electrons. The first-order valence-electron chi connectivity index (χ1n) is 5.79. The van der Waals surface area contributed by atoms with Crippen molar-refractivity contribution < 1.29 is 8.42 Å². The van der Waals surface area contributed by atoms with Gasteiger partial charge in [-0.15, -0.1) is 0 Å². The van der Waals surface area contributed by atoms with E-state index in [0.29, 0.717) is 12.8 Å². The lowest BCUT2D eigenvalue weighted by molar-refractivity contribution is 0.485. The lowest BCUT2D eigenvalue weighted by atomic mass is 10.0. The van der Waals surface area contributed by atoms with Crippen molar-refractivity contribution >= 4 is 33.2 Å². The fraction of sp³-hybridized carbons (Fsp3) is 0.417. The standard InChI is InChI=1S/C12H12Cl2N2O2S/c13-9-3-4-10(14)11(7-9)19(17,18)16-12(8-15)5-1-2-6-12/h3-4,7,16H,1-2,5-6H2. The van der Waals surface area contributed by atoms with Crippen LogP contribution in [-0.4, -0.2) is 14.0 Å². The van der Waals surface area contributed by atoms with Gasteiger partial charge in [0.1, 0.15) is 10.4 Å². The van der Waals surface area contributed by atoms with Crippen LogP contribution in [0.1, 0.15) is 25.7 Å².